The van der Waals surface area contributed by atoms with Crippen LogP contribution in [-0.2, 0) is 17.8 Å². The lowest BCUT2D eigenvalue weighted by Gasteiger charge is -2.17. The lowest BCUT2D eigenvalue weighted by atomic mass is 9.90. The summed E-state index contributed by atoms with van der Waals surface area (Å²) in [6.45, 7) is 1.06. The second-order valence-electron chi connectivity index (χ2n) is 3.75. The number of carbonyl (C=O) groups excluding carboxylic acids is 1. The number of thiazole rings is 1. The zero-order chi connectivity index (χ0) is 10.8. The molecule has 1 aliphatic carbocycles. The summed E-state index contributed by atoms with van der Waals surface area (Å²) in [5.41, 5.74) is 6.25. The summed E-state index contributed by atoms with van der Waals surface area (Å²) in [6.07, 6.45) is 1.43. The van der Waals surface area contributed by atoms with E-state index in [9.17, 15) is 4.79 Å². The second-order valence-corrected chi connectivity index (χ2v) is 4.91. The summed E-state index contributed by atoms with van der Waals surface area (Å²) < 4.78 is 5.01. The van der Waals surface area contributed by atoms with Crippen LogP contribution in [0, 0.1) is 5.92 Å². The van der Waals surface area contributed by atoms with E-state index in [2.05, 4.69) is 4.98 Å². The zero-order valence-electron chi connectivity index (χ0n) is 8.66. The normalized spacial score (nSPS) is 20.4. The predicted octanol–water partition coefficient (Wildman–Crippen LogP) is 0.993. The van der Waals surface area contributed by atoms with Crippen molar-refractivity contribution < 1.29 is 9.53 Å². The molecule has 1 aliphatic rings. The minimum absolute atomic E-state index is 0.130. The third kappa shape index (κ3) is 2.09. The number of carbonyl (C=O) groups is 1. The van der Waals surface area contributed by atoms with Crippen LogP contribution < -0.4 is 5.73 Å². The van der Waals surface area contributed by atoms with Crippen LogP contribution in [0.4, 0.5) is 0 Å². The summed E-state index contributed by atoms with van der Waals surface area (Å²) in [4.78, 5) is 17.1. The van der Waals surface area contributed by atoms with Crippen molar-refractivity contribution in [3.05, 3.63) is 15.6 Å². The number of ketones is 1. The number of rotatable bonds is 3. The van der Waals surface area contributed by atoms with Crippen molar-refractivity contribution in [2.75, 3.05) is 13.7 Å². The molecule has 0 radical (unpaired) electrons. The third-order valence-electron chi connectivity index (χ3n) is 2.56. The van der Waals surface area contributed by atoms with Crippen molar-refractivity contribution in [1.29, 1.82) is 0 Å². The standard InChI is InChI=1S/C10H14N2O2S/c1-14-5-9-12-10-7(13)2-6(4-11)3-8(10)15-9/h6H,2-5,11H2,1H3. The molecule has 1 unspecified atom stereocenters. The summed E-state index contributed by atoms with van der Waals surface area (Å²) in [7, 11) is 1.63. The monoisotopic (exact) mass is 226 g/mol. The van der Waals surface area contributed by atoms with E-state index in [0.717, 1.165) is 16.3 Å². The van der Waals surface area contributed by atoms with Crippen LogP contribution >= 0.6 is 11.3 Å². The van der Waals surface area contributed by atoms with Crippen molar-refractivity contribution in [2.45, 2.75) is 19.4 Å². The smallest absolute Gasteiger partial charge is 0.182 e. The van der Waals surface area contributed by atoms with Gasteiger partial charge in [0.1, 0.15) is 10.7 Å². The van der Waals surface area contributed by atoms with Crippen LogP contribution in [0.5, 0.6) is 0 Å². The molecule has 0 spiro atoms. The first-order chi connectivity index (χ1) is 7.24. The van der Waals surface area contributed by atoms with Crippen molar-refractivity contribution in [3.8, 4) is 0 Å². The van der Waals surface area contributed by atoms with Gasteiger partial charge in [-0.1, -0.05) is 0 Å². The van der Waals surface area contributed by atoms with Gasteiger partial charge in [-0.15, -0.1) is 11.3 Å². The number of hydrogen-bond donors (Lipinski definition) is 1. The van der Waals surface area contributed by atoms with Crippen LogP contribution in [0.1, 0.15) is 26.8 Å². The summed E-state index contributed by atoms with van der Waals surface area (Å²) >= 11 is 1.57. The van der Waals surface area contributed by atoms with Gasteiger partial charge in [-0.2, -0.15) is 0 Å². The Morgan fingerprint density at radius 2 is 2.40 bits per heavy atom. The van der Waals surface area contributed by atoms with E-state index in [-0.39, 0.29) is 5.78 Å². The highest BCUT2D eigenvalue weighted by atomic mass is 32.1. The Morgan fingerprint density at radius 3 is 3.07 bits per heavy atom. The Hall–Kier alpha value is -0.780. The summed E-state index contributed by atoms with van der Waals surface area (Å²) in [5.74, 6) is 0.422. The average molecular weight is 226 g/mol. The molecule has 5 heteroatoms. The topological polar surface area (TPSA) is 65.2 Å². The molecule has 0 bridgehead atoms. The van der Waals surface area contributed by atoms with Crippen molar-refractivity contribution in [2.24, 2.45) is 11.7 Å². The molecule has 1 atom stereocenters. The van der Waals surface area contributed by atoms with E-state index >= 15 is 0 Å². The molecule has 0 aromatic carbocycles. The number of fused-ring (bicyclic) bond motifs is 1. The highest BCUT2D eigenvalue weighted by molar-refractivity contribution is 7.11. The second kappa shape index (κ2) is 4.38. The number of ether oxygens (including phenoxy) is 1. The molecule has 15 heavy (non-hydrogen) atoms. The maximum atomic E-state index is 11.7. The first kappa shape index (κ1) is 10.7. The van der Waals surface area contributed by atoms with Crippen LogP contribution in [0.3, 0.4) is 0 Å². The van der Waals surface area contributed by atoms with Gasteiger partial charge in [0, 0.05) is 18.4 Å². The van der Waals surface area contributed by atoms with Crippen LogP contribution in [0.15, 0.2) is 0 Å². The van der Waals surface area contributed by atoms with E-state index in [1.807, 2.05) is 0 Å². The van der Waals surface area contributed by atoms with E-state index in [1.54, 1.807) is 18.4 Å². The highest BCUT2D eigenvalue weighted by Gasteiger charge is 2.27. The lowest BCUT2D eigenvalue weighted by Crippen LogP contribution is -2.25. The van der Waals surface area contributed by atoms with Crippen molar-refractivity contribution >= 4 is 17.1 Å². The van der Waals surface area contributed by atoms with E-state index in [4.69, 9.17) is 10.5 Å². The van der Waals surface area contributed by atoms with Gasteiger partial charge in [-0.05, 0) is 18.9 Å². The number of Topliss-reactive ketones (excluding diaryl/α,β-unsaturated/α-hetero) is 1. The van der Waals surface area contributed by atoms with E-state index in [0.29, 0.717) is 31.2 Å². The number of hydrogen-bond acceptors (Lipinski definition) is 5. The van der Waals surface area contributed by atoms with Gasteiger partial charge in [0.15, 0.2) is 5.78 Å². The molecule has 2 N–H and O–H groups in total. The number of aromatic nitrogens is 1. The van der Waals surface area contributed by atoms with E-state index < -0.39 is 0 Å². The fourth-order valence-electron chi connectivity index (χ4n) is 1.80. The van der Waals surface area contributed by atoms with Gasteiger partial charge in [-0.25, -0.2) is 4.98 Å². The first-order valence-electron chi connectivity index (χ1n) is 4.95. The predicted molar refractivity (Wildman–Crippen MR) is 58.0 cm³/mol. The van der Waals surface area contributed by atoms with Crippen molar-refractivity contribution in [1.82, 2.24) is 4.98 Å². The SMILES string of the molecule is COCc1nc2c(s1)CC(CN)CC2=O. The third-order valence-corrected chi connectivity index (χ3v) is 3.61. The molecular formula is C10H14N2O2S. The number of nitrogens with two attached hydrogens (primary N) is 1. The molecule has 4 nitrogen and oxygen atoms in total. The molecule has 1 aromatic heterocycles. The minimum Gasteiger partial charge on any atom is -0.378 e. The van der Waals surface area contributed by atoms with Gasteiger partial charge in [-0.3, -0.25) is 4.79 Å². The Morgan fingerprint density at radius 1 is 1.60 bits per heavy atom. The summed E-state index contributed by atoms with van der Waals surface area (Å²) in [6, 6.07) is 0. The van der Waals surface area contributed by atoms with Crippen LogP contribution in [0.2, 0.25) is 0 Å². The van der Waals surface area contributed by atoms with E-state index in [1.165, 1.54) is 0 Å². The Balaban J connectivity index is 2.25. The molecule has 1 heterocycles. The maximum absolute atomic E-state index is 11.7. The highest BCUT2D eigenvalue weighted by Crippen LogP contribution is 2.29. The fraction of sp³-hybridized carbons (Fsp3) is 0.600. The molecule has 2 rings (SSSR count). The zero-order valence-corrected chi connectivity index (χ0v) is 9.47. The quantitative estimate of drug-likeness (QED) is 0.834. The van der Waals surface area contributed by atoms with Gasteiger partial charge < -0.3 is 10.5 Å². The average Bonchev–Trinajstić information content (AvgIpc) is 2.61. The Kier molecular flexibility index (Phi) is 3.14. The molecular weight excluding hydrogens is 212 g/mol. The Bertz CT molecular complexity index is 375. The molecule has 82 valence electrons. The molecule has 0 amide bonds. The van der Waals surface area contributed by atoms with Gasteiger partial charge >= 0.3 is 0 Å². The first-order valence-corrected chi connectivity index (χ1v) is 5.77. The molecule has 0 saturated heterocycles. The van der Waals surface area contributed by atoms with Crippen molar-refractivity contribution in [3.63, 3.8) is 0 Å². The molecule has 1 aromatic rings. The minimum atomic E-state index is 0.130. The van der Waals surface area contributed by atoms with Gasteiger partial charge in [0.2, 0.25) is 0 Å². The maximum Gasteiger partial charge on any atom is 0.182 e. The van der Waals surface area contributed by atoms with Gasteiger partial charge in [0.25, 0.3) is 0 Å². The lowest BCUT2D eigenvalue weighted by molar-refractivity contribution is 0.0946. The van der Waals surface area contributed by atoms with Crippen LogP contribution in [-0.4, -0.2) is 24.4 Å². The Labute approximate surface area is 92.5 Å². The summed E-state index contributed by atoms with van der Waals surface area (Å²) in [5, 5.41) is 0.883. The largest absolute Gasteiger partial charge is 0.378 e. The fourth-order valence-corrected chi connectivity index (χ4v) is 2.98. The van der Waals surface area contributed by atoms with Crippen LogP contribution in [0.25, 0.3) is 0 Å². The molecule has 0 aliphatic heterocycles. The molecule has 0 fully saturated rings. The number of methoxy groups -OCH3 is 1. The van der Waals surface area contributed by atoms with Gasteiger partial charge in [0.05, 0.1) is 6.61 Å². The number of nitrogens with zero attached hydrogens (tertiary/aromatic N) is 1. The molecule has 0 saturated carbocycles.